The Morgan fingerprint density at radius 3 is 2.51 bits per heavy atom. The van der Waals surface area contributed by atoms with Crippen LogP contribution < -0.4 is 4.74 Å². The lowest BCUT2D eigenvalue weighted by Gasteiger charge is -2.39. The highest BCUT2D eigenvalue weighted by Crippen LogP contribution is 2.38. The van der Waals surface area contributed by atoms with Gasteiger partial charge in [-0.05, 0) is 65.1 Å². The van der Waals surface area contributed by atoms with Crippen molar-refractivity contribution in [2.24, 2.45) is 0 Å². The molecule has 4 atom stereocenters. The molecule has 6 heteroatoms. The van der Waals surface area contributed by atoms with Gasteiger partial charge < -0.3 is 24.4 Å². The quantitative estimate of drug-likeness (QED) is 0.270. The Bertz CT molecular complexity index is 1460. The van der Waals surface area contributed by atoms with Crippen molar-refractivity contribution < 1.29 is 29.2 Å². The van der Waals surface area contributed by atoms with E-state index in [1.807, 2.05) is 60.7 Å². The number of benzene rings is 4. The van der Waals surface area contributed by atoms with Crippen LogP contribution in [0.15, 0.2) is 78.9 Å². The van der Waals surface area contributed by atoms with Gasteiger partial charge in [-0.25, -0.2) is 4.79 Å². The van der Waals surface area contributed by atoms with Crippen LogP contribution in [-0.2, 0) is 22.7 Å². The van der Waals surface area contributed by atoms with Gasteiger partial charge in [0.15, 0.2) is 0 Å². The number of methoxy groups -OCH3 is 1. The van der Waals surface area contributed by atoms with Crippen molar-refractivity contribution in [1.29, 1.82) is 0 Å². The van der Waals surface area contributed by atoms with Crippen molar-refractivity contribution in [2.75, 3.05) is 7.11 Å². The van der Waals surface area contributed by atoms with E-state index in [4.69, 9.17) is 14.2 Å². The molecule has 0 bridgehead atoms. The fourth-order valence-corrected chi connectivity index (χ4v) is 5.88. The number of fused-ring (bicyclic) bond motifs is 1. The number of carboxylic acid groups (broad SMARTS) is 1. The van der Waals surface area contributed by atoms with Gasteiger partial charge >= 0.3 is 5.97 Å². The van der Waals surface area contributed by atoms with Crippen LogP contribution >= 0.6 is 0 Å². The normalized spacial score (nSPS) is 21.1. The molecule has 1 heterocycles. The lowest BCUT2D eigenvalue weighted by atomic mass is 9.83. The second kappa shape index (κ2) is 11.6. The van der Waals surface area contributed by atoms with E-state index in [0.29, 0.717) is 17.9 Å². The topological polar surface area (TPSA) is 85.2 Å². The Morgan fingerprint density at radius 1 is 1.00 bits per heavy atom. The monoisotopic (exact) mass is 526 g/mol. The predicted octanol–water partition coefficient (Wildman–Crippen LogP) is 6.57. The zero-order valence-corrected chi connectivity index (χ0v) is 22.5. The van der Waals surface area contributed by atoms with E-state index in [2.05, 4.69) is 26.0 Å². The lowest BCUT2D eigenvalue weighted by molar-refractivity contribution is -0.107. The van der Waals surface area contributed by atoms with Crippen LogP contribution in [0.2, 0.25) is 0 Å². The maximum Gasteiger partial charge on any atom is 0.336 e. The highest BCUT2D eigenvalue weighted by atomic mass is 16.5. The highest BCUT2D eigenvalue weighted by Gasteiger charge is 2.36. The SMILES string of the molecule is CO[C@H]1CC(C)OC(C)C1c1cccc(COc2ccc3c(-c4ccccc4)c(CO)c(C(=O)O)cc3c2)c1. The summed E-state index contributed by atoms with van der Waals surface area (Å²) in [6.45, 7) is 4.17. The van der Waals surface area contributed by atoms with E-state index >= 15 is 0 Å². The molecule has 1 aliphatic heterocycles. The minimum absolute atomic E-state index is 0.0430. The molecule has 0 aliphatic carbocycles. The maximum atomic E-state index is 12.1. The van der Waals surface area contributed by atoms with Crippen molar-refractivity contribution in [2.45, 2.75) is 57.7 Å². The van der Waals surface area contributed by atoms with Crippen molar-refractivity contribution >= 4 is 16.7 Å². The zero-order chi connectivity index (χ0) is 27.5. The van der Waals surface area contributed by atoms with E-state index in [9.17, 15) is 15.0 Å². The number of ether oxygens (including phenoxy) is 3. The summed E-state index contributed by atoms with van der Waals surface area (Å²) in [4.78, 5) is 12.1. The molecule has 1 aliphatic rings. The number of aliphatic hydroxyl groups excluding tert-OH is 1. The molecule has 0 aromatic heterocycles. The molecule has 6 nitrogen and oxygen atoms in total. The average molecular weight is 527 g/mol. The van der Waals surface area contributed by atoms with Gasteiger partial charge in [0.05, 0.1) is 30.5 Å². The summed E-state index contributed by atoms with van der Waals surface area (Å²) in [6.07, 6.45) is 1.15. The largest absolute Gasteiger partial charge is 0.489 e. The van der Waals surface area contributed by atoms with Gasteiger partial charge in [0.25, 0.3) is 0 Å². The molecule has 1 fully saturated rings. The molecule has 202 valence electrons. The van der Waals surface area contributed by atoms with Crippen molar-refractivity contribution in [1.82, 2.24) is 0 Å². The third-order valence-electron chi connectivity index (χ3n) is 7.63. The van der Waals surface area contributed by atoms with Crippen LogP contribution in [0.5, 0.6) is 5.75 Å². The van der Waals surface area contributed by atoms with Crippen LogP contribution in [0.3, 0.4) is 0 Å². The van der Waals surface area contributed by atoms with Gasteiger partial charge in [-0.15, -0.1) is 0 Å². The van der Waals surface area contributed by atoms with Gasteiger partial charge in [-0.2, -0.15) is 0 Å². The standard InChI is InChI=1S/C33H34O6/c1-20-14-30(37-3)31(21(2)39-20)24-11-7-8-22(15-24)19-38-26-12-13-27-25(16-26)17-28(33(35)36)29(18-34)32(27)23-9-5-4-6-10-23/h4-13,15-17,20-21,30-31,34H,14,18-19H2,1-3H3,(H,35,36)/t20?,21?,30-,31?/m0/s1. The predicted molar refractivity (Wildman–Crippen MR) is 151 cm³/mol. The number of aliphatic hydroxyl groups is 1. The van der Waals surface area contributed by atoms with Gasteiger partial charge in [-0.3, -0.25) is 0 Å². The van der Waals surface area contributed by atoms with Gasteiger partial charge in [-0.1, -0.05) is 60.7 Å². The van der Waals surface area contributed by atoms with Crippen molar-refractivity contribution in [3.05, 3.63) is 101 Å². The molecular formula is C33H34O6. The molecule has 5 rings (SSSR count). The van der Waals surface area contributed by atoms with Crippen LogP contribution in [0, 0.1) is 0 Å². The van der Waals surface area contributed by atoms with E-state index in [1.54, 1.807) is 13.2 Å². The second-order valence-corrected chi connectivity index (χ2v) is 10.2. The Morgan fingerprint density at radius 2 is 1.79 bits per heavy atom. The molecule has 39 heavy (non-hydrogen) atoms. The minimum Gasteiger partial charge on any atom is -0.489 e. The Labute approximate surface area is 228 Å². The van der Waals surface area contributed by atoms with E-state index in [1.165, 1.54) is 0 Å². The number of hydrogen-bond donors (Lipinski definition) is 2. The molecule has 4 aromatic carbocycles. The smallest absolute Gasteiger partial charge is 0.336 e. The molecule has 0 radical (unpaired) electrons. The maximum absolute atomic E-state index is 12.1. The fourth-order valence-electron chi connectivity index (χ4n) is 5.88. The van der Waals surface area contributed by atoms with Crippen LogP contribution in [0.4, 0.5) is 0 Å². The van der Waals surface area contributed by atoms with Crippen LogP contribution in [-0.4, -0.2) is 41.6 Å². The van der Waals surface area contributed by atoms with Crippen molar-refractivity contribution in [3.63, 3.8) is 0 Å². The first-order valence-electron chi connectivity index (χ1n) is 13.3. The Kier molecular flexibility index (Phi) is 7.98. The van der Waals surface area contributed by atoms with E-state index < -0.39 is 5.97 Å². The summed E-state index contributed by atoms with van der Waals surface area (Å²) in [5.74, 6) is -0.303. The van der Waals surface area contributed by atoms with E-state index in [0.717, 1.165) is 39.4 Å². The van der Waals surface area contributed by atoms with Crippen molar-refractivity contribution in [3.8, 4) is 16.9 Å². The van der Waals surface area contributed by atoms with Crippen LogP contribution in [0.25, 0.3) is 21.9 Å². The van der Waals surface area contributed by atoms with Crippen LogP contribution in [0.1, 0.15) is 53.2 Å². The molecular weight excluding hydrogens is 492 g/mol. The third kappa shape index (κ3) is 5.55. The molecule has 1 saturated heterocycles. The summed E-state index contributed by atoms with van der Waals surface area (Å²) in [7, 11) is 1.76. The molecule has 0 amide bonds. The zero-order valence-electron chi connectivity index (χ0n) is 22.5. The molecule has 4 aromatic rings. The number of carboxylic acids is 1. The highest BCUT2D eigenvalue weighted by molar-refractivity contribution is 6.05. The lowest BCUT2D eigenvalue weighted by Crippen LogP contribution is -2.41. The summed E-state index contributed by atoms with van der Waals surface area (Å²) >= 11 is 0. The third-order valence-corrected chi connectivity index (χ3v) is 7.63. The van der Waals surface area contributed by atoms with Gasteiger partial charge in [0, 0.05) is 25.0 Å². The Balaban J connectivity index is 1.44. The summed E-state index contributed by atoms with van der Waals surface area (Å²) in [5, 5.41) is 21.6. The summed E-state index contributed by atoms with van der Waals surface area (Å²) in [6, 6.07) is 25.2. The summed E-state index contributed by atoms with van der Waals surface area (Å²) in [5.41, 5.74) is 4.25. The molecule has 0 spiro atoms. The fraction of sp³-hybridized carbons (Fsp3) is 0.303. The number of hydrogen-bond acceptors (Lipinski definition) is 5. The number of rotatable bonds is 8. The average Bonchev–Trinajstić information content (AvgIpc) is 2.94. The minimum atomic E-state index is -1.08. The first-order valence-corrected chi connectivity index (χ1v) is 13.3. The Hall–Kier alpha value is -3.71. The van der Waals surface area contributed by atoms with E-state index in [-0.39, 0.29) is 36.4 Å². The van der Waals surface area contributed by atoms with Gasteiger partial charge in [0.2, 0.25) is 0 Å². The summed E-state index contributed by atoms with van der Waals surface area (Å²) < 4.78 is 18.1. The number of aromatic carboxylic acids is 1. The molecule has 2 N–H and O–H groups in total. The number of carbonyl (C=O) groups is 1. The first kappa shape index (κ1) is 26.9. The molecule has 0 saturated carbocycles. The molecule has 3 unspecified atom stereocenters. The first-order chi connectivity index (χ1) is 18.9. The second-order valence-electron chi connectivity index (χ2n) is 10.2. The van der Waals surface area contributed by atoms with Gasteiger partial charge in [0.1, 0.15) is 12.4 Å².